The summed E-state index contributed by atoms with van der Waals surface area (Å²) in [4.78, 5) is 15.7. The van der Waals surface area contributed by atoms with Gasteiger partial charge in [-0.05, 0) is 121 Å². The molecule has 60 heavy (non-hydrogen) atoms. The Hall–Kier alpha value is -6.85. The molecule has 5 aliphatic rings. The second kappa shape index (κ2) is 13.1. The van der Waals surface area contributed by atoms with E-state index in [1.807, 2.05) is 18.2 Å². The number of fused-ring (bicyclic) bond motifs is 5. The summed E-state index contributed by atoms with van der Waals surface area (Å²) in [6.07, 6.45) is 6.63. The number of rotatable bonds is 5. The van der Waals surface area contributed by atoms with E-state index in [9.17, 15) is 0 Å². The minimum absolute atomic E-state index is 0.0584. The lowest BCUT2D eigenvalue weighted by Gasteiger charge is -2.63. The molecule has 0 N–H and O–H groups in total. The van der Waals surface area contributed by atoms with E-state index in [-0.39, 0.29) is 5.41 Å². The number of nitrogens with zero attached hydrogens (tertiary/aromatic N) is 4. The summed E-state index contributed by atoms with van der Waals surface area (Å²) in [5.74, 6) is 6.95. The SMILES string of the molecule is c1ccc(-c2nc(-c3cccc(-c4ccc(-n5c6ccccc6c6ccccc65)cc4)c3)nc(-c3ccc4c(c3)C3(c5ccccc5O4)C4CC5CC(C4)CC3C5)n2)cc1. The molecular weight excluding hydrogens is 733 g/mol. The Morgan fingerprint density at radius 1 is 0.417 bits per heavy atom. The first-order chi connectivity index (χ1) is 29.7. The van der Waals surface area contributed by atoms with E-state index in [0.29, 0.717) is 29.3 Å². The van der Waals surface area contributed by atoms with Crippen LogP contribution in [0.3, 0.4) is 0 Å². The zero-order chi connectivity index (χ0) is 39.4. The van der Waals surface area contributed by atoms with Gasteiger partial charge in [-0.1, -0.05) is 115 Å². The van der Waals surface area contributed by atoms with Crippen LogP contribution in [-0.2, 0) is 5.41 Å². The van der Waals surface area contributed by atoms with Crippen LogP contribution in [0.1, 0.15) is 43.2 Å². The summed E-state index contributed by atoms with van der Waals surface area (Å²) in [5.41, 5.74) is 11.4. The molecule has 0 radical (unpaired) electrons. The highest BCUT2D eigenvalue weighted by Crippen LogP contribution is 2.69. The van der Waals surface area contributed by atoms with Crippen molar-refractivity contribution in [3.8, 4) is 62.5 Å². The van der Waals surface area contributed by atoms with E-state index in [1.54, 1.807) is 0 Å². The maximum Gasteiger partial charge on any atom is 0.164 e. The molecule has 0 amide bonds. The lowest BCUT2D eigenvalue weighted by Crippen LogP contribution is -2.56. The maximum atomic E-state index is 6.75. The maximum absolute atomic E-state index is 6.75. The van der Waals surface area contributed by atoms with Crippen molar-refractivity contribution < 1.29 is 4.74 Å². The van der Waals surface area contributed by atoms with Crippen molar-refractivity contribution in [1.29, 1.82) is 0 Å². The van der Waals surface area contributed by atoms with Crippen LogP contribution in [0, 0.1) is 23.7 Å². The van der Waals surface area contributed by atoms with Gasteiger partial charge in [-0.3, -0.25) is 0 Å². The van der Waals surface area contributed by atoms with Crippen LogP contribution in [0.25, 0.3) is 72.8 Å². The molecule has 1 spiro atoms. The molecular formula is C55H42N4O. The van der Waals surface area contributed by atoms with E-state index < -0.39 is 0 Å². The summed E-state index contributed by atoms with van der Waals surface area (Å²) in [6, 6.07) is 60.7. The van der Waals surface area contributed by atoms with Crippen molar-refractivity contribution in [2.45, 2.75) is 37.5 Å². The average molecular weight is 775 g/mol. The van der Waals surface area contributed by atoms with Gasteiger partial charge in [0.1, 0.15) is 11.5 Å². The van der Waals surface area contributed by atoms with Gasteiger partial charge < -0.3 is 9.30 Å². The van der Waals surface area contributed by atoms with Crippen LogP contribution in [0.4, 0.5) is 0 Å². The van der Waals surface area contributed by atoms with Crippen molar-refractivity contribution in [3.63, 3.8) is 0 Å². The Bertz CT molecular complexity index is 3070. The minimum Gasteiger partial charge on any atom is -0.457 e. The van der Waals surface area contributed by atoms with Crippen LogP contribution >= 0.6 is 0 Å². The summed E-state index contributed by atoms with van der Waals surface area (Å²) >= 11 is 0. The first-order valence-corrected chi connectivity index (χ1v) is 21.6. The molecule has 5 nitrogen and oxygen atoms in total. The first kappa shape index (κ1) is 34.1. The second-order valence-electron chi connectivity index (χ2n) is 17.7. The molecule has 4 aliphatic carbocycles. The highest BCUT2D eigenvalue weighted by Gasteiger charge is 2.61. The summed E-state index contributed by atoms with van der Waals surface area (Å²) in [6.45, 7) is 0. The molecule has 7 aromatic carbocycles. The molecule has 5 heteroatoms. The third kappa shape index (κ3) is 5.08. The monoisotopic (exact) mass is 774 g/mol. The Kier molecular flexibility index (Phi) is 7.42. The molecule has 4 saturated carbocycles. The fourth-order valence-electron chi connectivity index (χ4n) is 12.2. The Balaban J connectivity index is 0.914. The predicted molar refractivity (Wildman–Crippen MR) is 240 cm³/mol. The Morgan fingerprint density at radius 2 is 0.950 bits per heavy atom. The topological polar surface area (TPSA) is 52.8 Å². The standard InChI is InChI=1S/C55H42N4O/c1-2-11-37(12-3-1)52-56-53(39-14-10-13-38(32-39)36-21-24-43(25-22-36)59-48-18-7-4-15-44(48)45-16-5-8-19-49(45)59)58-54(57-52)40-23-26-51-47(33-40)55(46-17-6-9-20-50(46)60-51)41-28-34-27-35(30-41)31-42(55)29-34/h1-26,32-35,41-42H,27-31H2. The van der Waals surface area contributed by atoms with Gasteiger partial charge in [0.05, 0.1) is 11.0 Å². The van der Waals surface area contributed by atoms with Crippen molar-refractivity contribution in [3.05, 3.63) is 181 Å². The number of ether oxygens (including phenoxy) is 1. The third-order valence-electron chi connectivity index (χ3n) is 14.5. The van der Waals surface area contributed by atoms with Crippen LogP contribution in [0.15, 0.2) is 170 Å². The first-order valence-electron chi connectivity index (χ1n) is 21.6. The highest BCUT2D eigenvalue weighted by molar-refractivity contribution is 6.09. The Morgan fingerprint density at radius 3 is 1.65 bits per heavy atom. The summed E-state index contributed by atoms with van der Waals surface area (Å²) in [7, 11) is 0. The Labute approximate surface area is 349 Å². The molecule has 4 fully saturated rings. The second-order valence-corrected chi connectivity index (χ2v) is 17.7. The highest BCUT2D eigenvalue weighted by atomic mass is 16.5. The van der Waals surface area contributed by atoms with Crippen molar-refractivity contribution >= 4 is 21.8 Å². The number of aromatic nitrogens is 4. The number of benzene rings is 7. The quantitative estimate of drug-likeness (QED) is 0.175. The van der Waals surface area contributed by atoms with Gasteiger partial charge in [-0.15, -0.1) is 0 Å². The van der Waals surface area contributed by atoms with Crippen LogP contribution < -0.4 is 4.74 Å². The van der Waals surface area contributed by atoms with E-state index in [0.717, 1.165) is 56.8 Å². The molecule has 0 unspecified atom stereocenters. The molecule has 0 atom stereocenters. The average Bonchev–Trinajstić information content (AvgIpc) is 3.64. The van der Waals surface area contributed by atoms with Gasteiger partial charge in [-0.2, -0.15) is 0 Å². The van der Waals surface area contributed by atoms with Gasteiger partial charge >= 0.3 is 0 Å². The van der Waals surface area contributed by atoms with Gasteiger partial charge in [0, 0.05) is 49.7 Å². The number of hydrogen-bond donors (Lipinski definition) is 0. The zero-order valence-corrected chi connectivity index (χ0v) is 33.2. The van der Waals surface area contributed by atoms with E-state index in [4.69, 9.17) is 19.7 Å². The summed E-state index contributed by atoms with van der Waals surface area (Å²) in [5, 5.41) is 2.52. The van der Waals surface area contributed by atoms with Gasteiger partial charge in [0.25, 0.3) is 0 Å². The summed E-state index contributed by atoms with van der Waals surface area (Å²) < 4.78 is 9.11. The molecule has 3 heterocycles. The lowest BCUT2D eigenvalue weighted by atomic mass is 9.42. The molecule has 4 bridgehead atoms. The third-order valence-corrected chi connectivity index (χ3v) is 14.5. The van der Waals surface area contributed by atoms with Crippen LogP contribution in [0.5, 0.6) is 11.5 Å². The fourth-order valence-corrected chi connectivity index (χ4v) is 12.2. The normalized spacial score (nSPS) is 22.2. The van der Waals surface area contributed by atoms with Gasteiger partial charge in [0.2, 0.25) is 0 Å². The van der Waals surface area contributed by atoms with E-state index in [1.165, 1.54) is 65.0 Å². The largest absolute Gasteiger partial charge is 0.457 e. The smallest absolute Gasteiger partial charge is 0.164 e. The van der Waals surface area contributed by atoms with Crippen LogP contribution in [0.2, 0.25) is 0 Å². The zero-order valence-electron chi connectivity index (χ0n) is 33.2. The van der Waals surface area contributed by atoms with Crippen molar-refractivity contribution in [2.24, 2.45) is 23.7 Å². The molecule has 9 aromatic rings. The molecule has 14 rings (SSSR count). The van der Waals surface area contributed by atoms with E-state index in [2.05, 4.69) is 156 Å². The van der Waals surface area contributed by atoms with E-state index >= 15 is 0 Å². The molecule has 1 aliphatic heterocycles. The lowest BCUT2D eigenvalue weighted by molar-refractivity contribution is -0.0452. The molecule has 0 saturated heterocycles. The van der Waals surface area contributed by atoms with Gasteiger partial charge in [0.15, 0.2) is 17.5 Å². The number of hydrogen-bond acceptors (Lipinski definition) is 4. The molecule has 288 valence electrons. The predicted octanol–water partition coefficient (Wildman–Crippen LogP) is 13.5. The van der Waals surface area contributed by atoms with Crippen molar-refractivity contribution in [1.82, 2.24) is 19.5 Å². The van der Waals surface area contributed by atoms with Gasteiger partial charge in [-0.25, -0.2) is 15.0 Å². The van der Waals surface area contributed by atoms with Crippen LogP contribution in [-0.4, -0.2) is 19.5 Å². The fraction of sp³-hybridized carbons (Fsp3) is 0.182. The van der Waals surface area contributed by atoms with Crippen molar-refractivity contribution in [2.75, 3.05) is 0 Å². The molecule has 2 aromatic heterocycles. The number of para-hydroxylation sites is 3. The minimum atomic E-state index is -0.0584.